The van der Waals surface area contributed by atoms with Crippen LogP contribution >= 0.6 is 0 Å². The topological polar surface area (TPSA) is 51.8 Å². The molecular weight excluding hydrogens is 599 g/mol. The van der Waals surface area contributed by atoms with E-state index < -0.39 is 0 Å². The van der Waals surface area contributed by atoms with Crippen LogP contribution < -0.4 is 0 Å². The average Bonchev–Trinajstić information content (AvgIpc) is 3.55. The van der Waals surface area contributed by atoms with Crippen LogP contribution in [0.4, 0.5) is 0 Å². The molecule has 226 valence electrons. The van der Waals surface area contributed by atoms with Gasteiger partial charge in [0.1, 0.15) is 11.2 Å². The van der Waals surface area contributed by atoms with Crippen molar-refractivity contribution in [3.05, 3.63) is 152 Å². The van der Waals surface area contributed by atoms with E-state index in [1.807, 2.05) is 24.4 Å². The monoisotopic (exact) mass is 623 g/mol. The minimum absolute atomic E-state index is 0.879. The maximum Gasteiger partial charge on any atom is 0.145 e. The van der Waals surface area contributed by atoms with Gasteiger partial charge in [0.25, 0.3) is 0 Å². The Balaban J connectivity index is 1.22. The maximum absolute atomic E-state index is 6.51. The molecule has 7 aromatic carbocycles. The van der Waals surface area contributed by atoms with E-state index in [1.54, 1.807) is 0 Å². The summed E-state index contributed by atoms with van der Waals surface area (Å²) in [5.74, 6) is 0. The van der Waals surface area contributed by atoms with Gasteiger partial charge in [-0.2, -0.15) is 0 Å². The van der Waals surface area contributed by atoms with Gasteiger partial charge in [0.05, 0.1) is 33.3 Å². The van der Waals surface area contributed by atoms with Gasteiger partial charge in [-0.05, 0) is 69.4 Å². The summed E-state index contributed by atoms with van der Waals surface area (Å²) in [6.45, 7) is 0. The number of pyridine rings is 3. The van der Waals surface area contributed by atoms with Crippen molar-refractivity contribution < 1.29 is 4.42 Å². The number of hydrogen-bond donors (Lipinski definition) is 0. The van der Waals surface area contributed by atoms with E-state index in [9.17, 15) is 0 Å². The highest BCUT2D eigenvalue weighted by Crippen LogP contribution is 2.43. The molecule has 0 amide bonds. The molecule has 0 saturated carbocycles. The van der Waals surface area contributed by atoms with Crippen molar-refractivity contribution in [3.63, 3.8) is 0 Å². The molecule has 0 unspecified atom stereocenters. The first-order valence-electron chi connectivity index (χ1n) is 16.5. The molecule has 0 N–H and O–H groups in total. The third kappa shape index (κ3) is 3.83. The predicted octanol–water partition coefficient (Wildman–Crippen LogP) is 12.0. The highest BCUT2D eigenvalue weighted by molar-refractivity contribution is 6.24. The minimum atomic E-state index is 0.879. The van der Waals surface area contributed by atoms with Crippen LogP contribution in [-0.4, -0.2) is 15.0 Å². The number of fused-ring (bicyclic) bond motifs is 12. The molecule has 0 fully saturated rings. The molecule has 49 heavy (non-hydrogen) atoms. The fourth-order valence-electron chi connectivity index (χ4n) is 7.76. The second-order valence-electron chi connectivity index (χ2n) is 12.8. The highest BCUT2D eigenvalue weighted by Gasteiger charge is 2.19. The van der Waals surface area contributed by atoms with Crippen LogP contribution in [-0.2, 0) is 0 Å². The third-order valence-corrected chi connectivity index (χ3v) is 10.1. The molecule has 0 spiro atoms. The van der Waals surface area contributed by atoms with E-state index >= 15 is 0 Å². The van der Waals surface area contributed by atoms with Crippen molar-refractivity contribution in [2.45, 2.75) is 0 Å². The number of furan rings is 1. The predicted molar refractivity (Wildman–Crippen MR) is 203 cm³/mol. The number of rotatable bonds is 2. The quantitative estimate of drug-likeness (QED) is 0.142. The Morgan fingerprint density at radius 1 is 0.429 bits per heavy atom. The Morgan fingerprint density at radius 3 is 1.96 bits per heavy atom. The standard InChI is InChI=1S/C45H25N3O/c1-2-9-29-25-37-34(44-33-13-4-3-12-32(33)41-39(48-44)22-20-35-31-11-5-6-14-40(31)49-45(35)41)19-18-30(36(37)24-28(29)8-1)38-21-17-27-16-15-26-10-7-23-46-42(26)43(27)47-38/h1-25H. The van der Waals surface area contributed by atoms with Gasteiger partial charge in [0, 0.05) is 44.3 Å². The molecule has 0 aliphatic rings. The normalized spacial score (nSPS) is 12.1. The minimum Gasteiger partial charge on any atom is -0.455 e. The Bertz CT molecular complexity index is 3180. The van der Waals surface area contributed by atoms with Crippen LogP contribution in [0.3, 0.4) is 0 Å². The second-order valence-corrected chi connectivity index (χ2v) is 12.8. The Hall–Kier alpha value is -6.65. The van der Waals surface area contributed by atoms with Crippen molar-refractivity contribution in [3.8, 4) is 22.5 Å². The number of hydrogen-bond acceptors (Lipinski definition) is 4. The first-order valence-corrected chi connectivity index (χ1v) is 16.5. The van der Waals surface area contributed by atoms with E-state index in [-0.39, 0.29) is 0 Å². The van der Waals surface area contributed by atoms with Crippen LogP contribution in [0.5, 0.6) is 0 Å². The van der Waals surface area contributed by atoms with Crippen molar-refractivity contribution in [1.29, 1.82) is 0 Å². The van der Waals surface area contributed by atoms with E-state index in [2.05, 4.69) is 127 Å². The van der Waals surface area contributed by atoms with Crippen LogP contribution in [0, 0.1) is 0 Å². The van der Waals surface area contributed by atoms with E-state index in [0.29, 0.717) is 0 Å². The Morgan fingerprint density at radius 2 is 1.10 bits per heavy atom. The van der Waals surface area contributed by atoms with Crippen molar-refractivity contribution in [2.24, 2.45) is 0 Å². The van der Waals surface area contributed by atoms with Gasteiger partial charge in [0.15, 0.2) is 0 Å². The molecule has 11 rings (SSSR count). The van der Waals surface area contributed by atoms with Gasteiger partial charge < -0.3 is 4.42 Å². The first kappa shape index (κ1) is 26.4. The molecule has 4 heterocycles. The fraction of sp³-hybridized carbons (Fsp3) is 0. The molecular formula is C45H25N3O. The van der Waals surface area contributed by atoms with Gasteiger partial charge in [-0.25, -0.2) is 9.97 Å². The molecule has 4 heteroatoms. The highest BCUT2D eigenvalue weighted by atomic mass is 16.3. The molecule has 4 aromatic heterocycles. The average molecular weight is 624 g/mol. The summed E-state index contributed by atoms with van der Waals surface area (Å²) in [7, 11) is 0. The van der Waals surface area contributed by atoms with Crippen LogP contribution in [0.25, 0.3) is 109 Å². The summed E-state index contributed by atoms with van der Waals surface area (Å²) in [5, 5.41) is 12.3. The summed E-state index contributed by atoms with van der Waals surface area (Å²) >= 11 is 0. The fourth-order valence-corrected chi connectivity index (χ4v) is 7.76. The van der Waals surface area contributed by atoms with E-state index in [1.165, 1.54) is 10.8 Å². The molecule has 11 aromatic rings. The van der Waals surface area contributed by atoms with Gasteiger partial charge >= 0.3 is 0 Å². The molecule has 0 radical (unpaired) electrons. The van der Waals surface area contributed by atoms with Gasteiger partial charge in [-0.15, -0.1) is 0 Å². The zero-order valence-corrected chi connectivity index (χ0v) is 26.2. The lowest BCUT2D eigenvalue weighted by molar-refractivity contribution is 0.673. The zero-order valence-electron chi connectivity index (χ0n) is 26.2. The van der Waals surface area contributed by atoms with Crippen LogP contribution in [0.15, 0.2) is 156 Å². The second kappa shape index (κ2) is 9.93. The summed E-state index contributed by atoms with van der Waals surface area (Å²) in [6.07, 6.45) is 1.84. The van der Waals surface area contributed by atoms with Crippen molar-refractivity contribution in [1.82, 2.24) is 15.0 Å². The number of para-hydroxylation sites is 1. The lowest BCUT2D eigenvalue weighted by atomic mass is 9.91. The number of nitrogens with zero attached hydrogens (tertiary/aromatic N) is 3. The molecule has 0 aliphatic heterocycles. The smallest absolute Gasteiger partial charge is 0.145 e. The van der Waals surface area contributed by atoms with Crippen molar-refractivity contribution >= 4 is 87.0 Å². The van der Waals surface area contributed by atoms with Gasteiger partial charge in [0.2, 0.25) is 0 Å². The summed E-state index contributed by atoms with van der Waals surface area (Å²) in [5.41, 5.74) is 8.53. The summed E-state index contributed by atoms with van der Waals surface area (Å²) in [6, 6.07) is 51.3. The Labute approximate surface area is 279 Å². The Kier molecular flexibility index (Phi) is 5.35. The first-order chi connectivity index (χ1) is 24.3. The third-order valence-electron chi connectivity index (χ3n) is 10.1. The lowest BCUT2D eigenvalue weighted by Gasteiger charge is -2.16. The SMILES string of the molecule is c1ccc2cc3c(-c4nc5ccc6c7ccccc7oc6c5c5ccccc45)ccc(-c4ccc5ccc6cccnc6c5n4)c3cc2c1. The van der Waals surface area contributed by atoms with Gasteiger partial charge in [-0.3, -0.25) is 4.98 Å². The van der Waals surface area contributed by atoms with E-state index in [4.69, 9.17) is 19.4 Å². The van der Waals surface area contributed by atoms with Crippen LogP contribution in [0.2, 0.25) is 0 Å². The summed E-state index contributed by atoms with van der Waals surface area (Å²) < 4.78 is 6.51. The number of aromatic nitrogens is 3. The lowest BCUT2D eigenvalue weighted by Crippen LogP contribution is -1.94. The largest absolute Gasteiger partial charge is 0.455 e. The molecule has 0 aliphatic carbocycles. The van der Waals surface area contributed by atoms with Crippen molar-refractivity contribution in [2.75, 3.05) is 0 Å². The molecule has 4 nitrogen and oxygen atoms in total. The molecule has 0 saturated heterocycles. The maximum atomic E-state index is 6.51. The van der Waals surface area contributed by atoms with E-state index in [0.717, 1.165) is 98.7 Å². The number of benzene rings is 7. The zero-order chi connectivity index (χ0) is 32.1. The summed E-state index contributed by atoms with van der Waals surface area (Å²) in [4.78, 5) is 15.4. The molecule has 0 bridgehead atoms. The molecule has 0 atom stereocenters. The van der Waals surface area contributed by atoms with Crippen LogP contribution in [0.1, 0.15) is 0 Å². The van der Waals surface area contributed by atoms with Gasteiger partial charge in [-0.1, -0.05) is 103 Å².